The van der Waals surface area contributed by atoms with Gasteiger partial charge in [-0.05, 0) is 32.0 Å². The van der Waals surface area contributed by atoms with E-state index < -0.39 is 28.5 Å². The zero-order valence-electron chi connectivity index (χ0n) is 11.1. The molecule has 0 atom stereocenters. The van der Waals surface area contributed by atoms with Crippen molar-refractivity contribution in [2.45, 2.75) is 24.8 Å². The highest BCUT2D eigenvalue weighted by atomic mass is 32.2. The van der Waals surface area contributed by atoms with Crippen molar-refractivity contribution in [2.24, 2.45) is 5.73 Å². The van der Waals surface area contributed by atoms with Gasteiger partial charge in [0, 0.05) is 6.04 Å². The van der Waals surface area contributed by atoms with Crippen molar-refractivity contribution in [2.75, 3.05) is 6.61 Å². The number of nitrogens with one attached hydrogen (secondary N) is 1. The molecule has 8 heteroatoms. The summed E-state index contributed by atoms with van der Waals surface area (Å²) in [6.45, 7) is 2.81. The van der Waals surface area contributed by atoms with E-state index in [4.69, 9.17) is 5.73 Å². The summed E-state index contributed by atoms with van der Waals surface area (Å²) < 4.78 is 30.9. The average Bonchev–Trinajstić information content (AvgIpc) is 2.34. The van der Waals surface area contributed by atoms with Gasteiger partial charge in [0.05, 0.1) is 10.5 Å². The first-order valence-electron chi connectivity index (χ1n) is 5.80. The fourth-order valence-corrected chi connectivity index (χ4v) is 2.69. The molecule has 7 nitrogen and oxygen atoms in total. The fourth-order valence-electron chi connectivity index (χ4n) is 1.39. The van der Waals surface area contributed by atoms with E-state index in [1.165, 1.54) is 24.3 Å². The Kier molecular flexibility index (Phi) is 5.23. The van der Waals surface area contributed by atoms with Crippen molar-refractivity contribution in [1.82, 2.24) is 4.72 Å². The SMILES string of the molecule is CC(C)NS(=O)(=O)c1cccc(C(=O)OCC(N)=O)c1. The van der Waals surface area contributed by atoms with E-state index in [9.17, 15) is 18.0 Å². The van der Waals surface area contributed by atoms with E-state index in [1.54, 1.807) is 13.8 Å². The van der Waals surface area contributed by atoms with E-state index in [2.05, 4.69) is 9.46 Å². The van der Waals surface area contributed by atoms with E-state index in [1.807, 2.05) is 0 Å². The van der Waals surface area contributed by atoms with Gasteiger partial charge >= 0.3 is 5.97 Å². The first-order chi connectivity index (χ1) is 9.22. The third-order valence-corrected chi connectivity index (χ3v) is 3.77. The maximum absolute atomic E-state index is 11.9. The lowest BCUT2D eigenvalue weighted by molar-refractivity contribution is -0.121. The molecule has 20 heavy (non-hydrogen) atoms. The fraction of sp³-hybridized carbons (Fsp3) is 0.333. The van der Waals surface area contributed by atoms with E-state index in [0.29, 0.717) is 0 Å². The van der Waals surface area contributed by atoms with Crippen molar-refractivity contribution in [1.29, 1.82) is 0 Å². The van der Waals surface area contributed by atoms with Gasteiger partial charge in [-0.15, -0.1) is 0 Å². The largest absolute Gasteiger partial charge is 0.452 e. The molecular weight excluding hydrogens is 284 g/mol. The van der Waals surface area contributed by atoms with E-state index in [-0.39, 0.29) is 16.5 Å². The number of sulfonamides is 1. The third-order valence-electron chi connectivity index (χ3n) is 2.12. The molecule has 0 fully saturated rings. The van der Waals surface area contributed by atoms with Gasteiger partial charge in [-0.3, -0.25) is 4.79 Å². The number of carbonyl (C=O) groups is 2. The number of esters is 1. The first-order valence-corrected chi connectivity index (χ1v) is 7.28. The minimum atomic E-state index is -3.70. The Morgan fingerprint density at radius 3 is 2.55 bits per heavy atom. The molecule has 0 heterocycles. The Morgan fingerprint density at radius 1 is 1.35 bits per heavy atom. The molecule has 3 N–H and O–H groups in total. The molecule has 0 aliphatic rings. The highest BCUT2D eigenvalue weighted by Gasteiger charge is 2.17. The molecule has 0 saturated carbocycles. The molecule has 0 bridgehead atoms. The topological polar surface area (TPSA) is 116 Å². The van der Waals surface area contributed by atoms with E-state index in [0.717, 1.165) is 0 Å². The minimum absolute atomic E-state index is 0.0258. The molecule has 0 aliphatic carbocycles. The molecule has 1 rings (SSSR count). The van der Waals surface area contributed by atoms with Gasteiger partial charge in [-0.1, -0.05) is 6.07 Å². The molecule has 0 radical (unpaired) electrons. The Balaban J connectivity index is 2.96. The van der Waals surface area contributed by atoms with Crippen LogP contribution < -0.4 is 10.5 Å². The van der Waals surface area contributed by atoms with Crippen molar-refractivity contribution < 1.29 is 22.7 Å². The second-order valence-corrected chi connectivity index (χ2v) is 6.06. The number of carbonyl (C=O) groups excluding carboxylic acids is 2. The van der Waals surface area contributed by atoms with Crippen molar-refractivity contribution in [3.63, 3.8) is 0 Å². The Morgan fingerprint density at radius 2 is 2.00 bits per heavy atom. The van der Waals surface area contributed by atoms with Gasteiger partial charge in [-0.2, -0.15) is 0 Å². The molecule has 1 aromatic carbocycles. The number of nitrogens with two attached hydrogens (primary N) is 1. The number of amides is 1. The predicted molar refractivity (Wildman–Crippen MR) is 71.4 cm³/mol. The van der Waals surface area contributed by atoms with Crippen LogP contribution in [0.4, 0.5) is 0 Å². The maximum Gasteiger partial charge on any atom is 0.338 e. The normalized spacial score (nSPS) is 11.3. The number of hydrogen-bond acceptors (Lipinski definition) is 5. The second-order valence-electron chi connectivity index (χ2n) is 4.35. The van der Waals surface area contributed by atoms with Crippen LogP contribution in [0.1, 0.15) is 24.2 Å². The summed E-state index contributed by atoms with van der Waals surface area (Å²) in [6.07, 6.45) is 0. The van der Waals surface area contributed by atoms with Crippen LogP contribution in [-0.2, 0) is 19.6 Å². The van der Waals surface area contributed by atoms with Crippen LogP contribution in [-0.4, -0.2) is 32.9 Å². The molecule has 110 valence electrons. The Hall–Kier alpha value is -1.93. The van der Waals surface area contributed by atoms with Gasteiger partial charge in [0.25, 0.3) is 5.91 Å². The van der Waals surface area contributed by atoms with Gasteiger partial charge in [0.1, 0.15) is 0 Å². The number of benzene rings is 1. The summed E-state index contributed by atoms with van der Waals surface area (Å²) in [5.41, 5.74) is 4.88. The van der Waals surface area contributed by atoms with Crippen molar-refractivity contribution >= 4 is 21.9 Å². The summed E-state index contributed by atoms with van der Waals surface area (Å²) in [6, 6.07) is 5.06. The van der Waals surface area contributed by atoms with Crippen LogP contribution in [0.3, 0.4) is 0 Å². The summed E-state index contributed by atoms with van der Waals surface area (Å²) in [7, 11) is -3.70. The maximum atomic E-state index is 11.9. The van der Waals surface area contributed by atoms with Gasteiger partial charge in [0.15, 0.2) is 6.61 Å². The lowest BCUT2D eigenvalue weighted by Gasteiger charge is -2.10. The Bertz CT molecular complexity index is 610. The van der Waals surface area contributed by atoms with Crippen molar-refractivity contribution in [3.05, 3.63) is 29.8 Å². The minimum Gasteiger partial charge on any atom is -0.452 e. The zero-order valence-corrected chi connectivity index (χ0v) is 11.9. The molecule has 0 aromatic heterocycles. The Labute approximate surface area is 117 Å². The van der Waals surface area contributed by atoms with Gasteiger partial charge < -0.3 is 10.5 Å². The molecule has 1 amide bonds. The van der Waals surface area contributed by atoms with Gasteiger partial charge in [0.2, 0.25) is 10.0 Å². The average molecular weight is 300 g/mol. The number of hydrogen-bond donors (Lipinski definition) is 2. The van der Waals surface area contributed by atoms with Crippen LogP contribution >= 0.6 is 0 Å². The highest BCUT2D eigenvalue weighted by molar-refractivity contribution is 7.89. The van der Waals surface area contributed by atoms with Crippen LogP contribution in [0.2, 0.25) is 0 Å². The molecule has 0 saturated heterocycles. The molecule has 0 aliphatic heterocycles. The molecular formula is C12H16N2O5S. The third kappa shape index (κ3) is 4.63. The van der Waals surface area contributed by atoms with Crippen molar-refractivity contribution in [3.8, 4) is 0 Å². The highest BCUT2D eigenvalue weighted by Crippen LogP contribution is 2.13. The van der Waals surface area contributed by atoms with Crippen LogP contribution in [0.25, 0.3) is 0 Å². The lowest BCUT2D eigenvalue weighted by atomic mass is 10.2. The summed E-state index contributed by atoms with van der Waals surface area (Å²) in [5.74, 6) is -1.60. The predicted octanol–water partition coefficient (Wildman–Crippen LogP) is 0.0154. The number of ether oxygens (including phenoxy) is 1. The quantitative estimate of drug-likeness (QED) is 0.718. The van der Waals surface area contributed by atoms with Crippen LogP contribution in [0.5, 0.6) is 0 Å². The smallest absolute Gasteiger partial charge is 0.338 e. The zero-order chi connectivity index (χ0) is 15.3. The van der Waals surface area contributed by atoms with Crippen LogP contribution in [0, 0.1) is 0 Å². The number of primary amides is 1. The van der Waals surface area contributed by atoms with E-state index >= 15 is 0 Å². The monoisotopic (exact) mass is 300 g/mol. The summed E-state index contributed by atoms with van der Waals surface area (Å²) >= 11 is 0. The summed E-state index contributed by atoms with van der Waals surface area (Å²) in [5, 5.41) is 0. The van der Waals surface area contributed by atoms with Gasteiger partial charge in [-0.25, -0.2) is 17.9 Å². The standard InChI is InChI=1S/C12H16N2O5S/c1-8(2)14-20(17,18)10-5-3-4-9(6-10)12(16)19-7-11(13)15/h3-6,8,14H,7H2,1-2H3,(H2,13,15). The number of rotatable bonds is 6. The molecule has 1 aromatic rings. The molecule has 0 spiro atoms. The summed E-state index contributed by atoms with van der Waals surface area (Å²) in [4.78, 5) is 22.1. The molecule has 0 unspecified atom stereocenters. The first kappa shape index (κ1) is 16.1. The lowest BCUT2D eigenvalue weighted by Crippen LogP contribution is -2.30. The van der Waals surface area contributed by atoms with Crippen LogP contribution in [0.15, 0.2) is 29.2 Å². The second kappa shape index (κ2) is 6.49.